The third kappa shape index (κ3) is 6.52. The fourth-order valence-electron chi connectivity index (χ4n) is 2.37. The van der Waals surface area contributed by atoms with E-state index in [1.165, 1.54) is 4.90 Å². The van der Waals surface area contributed by atoms with Gasteiger partial charge in [0.25, 0.3) is 0 Å². The highest BCUT2D eigenvalue weighted by Crippen LogP contribution is 2.23. The van der Waals surface area contributed by atoms with Gasteiger partial charge < -0.3 is 15.0 Å². The Morgan fingerprint density at radius 2 is 2.05 bits per heavy atom. The van der Waals surface area contributed by atoms with Crippen molar-refractivity contribution in [2.24, 2.45) is 5.92 Å². The van der Waals surface area contributed by atoms with Gasteiger partial charge in [-0.25, -0.2) is 4.79 Å². The third-order valence-electron chi connectivity index (χ3n) is 3.36. The van der Waals surface area contributed by atoms with Gasteiger partial charge in [-0.3, -0.25) is 4.79 Å². The van der Waals surface area contributed by atoms with Crippen LogP contribution in [-0.4, -0.2) is 42.1 Å². The molecule has 0 radical (unpaired) electrons. The Kier molecular flexibility index (Phi) is 6.07. The zero-order valence-electron chi connectivity index (χ0n) is 13.4. The molecule has 0 bridgehead atoms. The maximum atomic E-state index is 12.0. The van der Waals surface area contributed by atoms with Gasteiger partial charge in [0, 0.05) is 19.0 Å². The summed E-state index contributed by atoms with van der Waals surface area (Å²) >= 11 is 0. The number of terminal acetylenes is 1. The summed E-state index contributed by atoms with van der Waals surface area (Å²) in [5.41, 5.74) is -0.564. The molecule has 0 aromatic heterocycles. The fourth-order valence-corrected chi connectivity index (χ4v) is 2.37. The molecule has 0 aliphatic heterocycles. The zero-order chi connectivity index (χ0) is 16.0. The first kappa shape index (κ1) is 17.4. The molecule has 5 heteroatoms. The highest BCUT2D eigenvalue weighted by molar-refractivity contribution is 5.82. The van der Waals surface area contributed by atoms with Crippen molar-refractivity contribution in [3.8, 4) is 12.3 Å². The molecule has 2 atom stereocenters. The van der Waals surface area contributed by atoms with E-state index in [0.29, 0.717) is 0 Å². The predicted octanol–water partition coefficient (Wildman–Crippen LogP) is 2.16. The Bertz CT molecular complexity index is 420. The molecule has 0 heterocycles. The Labute approximate surface area is 127 Å². The van der Waals surface area contributed by atoms with Gasteiger partial charge in [0.15, 0.2) is 0 Å². The summed E-state index contributed by atoms with van der Waals surface area (Å²) in [5.74, 6) is 2.82. The Morgan fingerprint density at radius 3 is 2.62 bits per heavy atom. The lowest BCUT2D eigenvalue weighted by atomic mass is 9.86. The molecule has 1 fully saturated rings. The monoisotopic (exact) mass is 294 g/mol. The van der Waals surface area contributed by atoms with E-state index in [0.717, 1.165) is 25.7 Å². The lowest BCUT2D eigenvalue weighted by molar-refractivity contribution is -0.123. The van der Waals surface area contributed by atoms with E-state index in [-0.39, 0.29) is 24.4 Å². The highest BCUT2D eigenvalue weighted by Gasteiger charge is 2.24. The normalized spacial score (nSPS) is 22.0. The van der Waals surface area contributed by atoms with Gasteiger partial charge in [0.2, 0.25) is 5.91 Å². The summed E-state index contributed by atoms with van der Waals surface area (Å²) in [6, 6.07) is 0.110. The largest absolute Gasteiger partial charge is 0.444 e. The quantitative estimate of drug-likeness (QED) is 0.812. The molecule has 0 unspecified atom stereocenters. The van der Waals surface area contributed by atoms with Gasteiger partial charge in [-0.1, -0.05) is 6.42 Å². The van der Waals surface area contributed by atoms with Gasteiger partial charge in [0.1, 0.15) is 12.1 Å². The number of likely N-dealkylation sites (N-methyl/N-ethyl adjacent to an activating group) is 1. The standard InChI is InChI=1S/C16H26N2O3/c1-6-12-8-7-9-13(10-12)17-14(19)11-18(5)15(20)21-16(2,3)4/h1,12-13H,7-11H2,2-5H3,(H,17,19)/t12-,13+/m1/s1. The minimum Gasteiger partial charge on any atom is -0.444 e. The molecule has 1 N–H and O–H groups in total. The van der Waals surface area contributed by atoms with Crippen molar-refractivity contribution >= 4 is 12.0 Å². The van der Waals surface area contributed by atoms with Crippen molar-refractivity contribution in [3.05, 3.63) is 0 Å². The number of nitrogens with zero attached hydrogens (tertiary/aromatic N) is 1. The Balaban J connectivity index is 2.39. The number of ether oxygens (including phenoxy) is 1. The second kappa shape index (κ2) is 7.35. The summed E-state index contributed by atoms with van der Waals surface area (Å²) in [6.07, 6.45) is 8.77. The summed E-state index contributed by atoms with van der Waals surface area (Å²) in [6.45, 7) is 5.37. The van der Waals surface area contributed by atoms with E-state index in [4.69, 9.17) is 11.2 Å². The van der Waals surface area contributed by atoms with Crippen LogP contribution in [0.4, 0.5) is 4.79 Å². The second-order valence-corrected chi connectivity index (χ2v) is 6.63. The number of hydrogen-bond donors (Lipinski definition) is 1. The summed E-state index contributed by atoms with van der Waals surface area (Å²) in [5, 5.41) is 2.95. The molecule has 0 saturated heterocycles. The number of carbonyl (C=O) groups is 2. The van der Waals surface area contributed by atoms with Gasteiger partial charge >= 0.3 is 6.09 Å². The lowest BCUT2D eigenvalue weighted by Gasteiger charge is -2.28. The second-order valence-electron chi connectivity index (χ2n) is 6.63. The first-order valence-corrected chi connectivity index (χ1v) is 7.41. The molecule has 1 aliphatic carbocycles. The lowest BCUT2D eigenvalue weighted by Crippen LogP contribution is -2.45. The van der Waals surface area contributed by atoms with E-state index in [2.05, 4.69) is 11.2 Å². The van der Waals surface area contributed by atoms with Crippen LogP contribution in [0.15, 0.2) is 0 Å². The Hall–Kier alpha value is -1.70. The molecular formula is C16H26N2O3. The molecule has 118 valence electrons. The summed E-state index contributed by atoms with van der Waals surface area (Å²) in [4.78, 5) is 25.0. The zero-order valence-corrected chi connectivity index (χ0v) is 13.4. The smallest absolute Gasteiger partial charge is 0.410 e. The van der Waals surface area contributed by atoms with Crippen LogP contribution >= 0.6 is 0 Å². The average molecular weight is 294 g/mol. The highest BCUT2D eigenvalue weighted by atomic mass is 16.6. The van der Waals surface area contributed by atoms with Crippen LogP contribution in [-0.2, 0) is 9.53 Å². The first-order chi connectivity index (χ1) is 9.71. The van der Waals surface area contributed by atoms with Crippen molar-refractivity contribution in [1.82, 2.24) is 10.2 Å². The molecular weight excluding hydrogens is 268 g/mol. The maximum absolute atomic E-state index is 12.0. The van der Waals surface area contributed by atoms with Gasteiger partial charge in [-0.2, -0.15) is 0 Å². The molecule has 2 amide bonds. The van der Waals surface area contributed by atoms with Crippen LogP contribution in [0.3, 0.4) is 0 Å². The SMILES string of the molecule is C#C[C@@H]1CCC[C@H](NC(=O)CN(C)C(=O)OC(C)(C)C)C1. The van der Waals surface area contributed by atoms with Crippen molar-refractivity contribution in [3.63, 3.8) is 0 Å². The van der Waals surface area contributed by atoms with Crippen molar-refractivity contribution in [2.45, 2.75) is 58.1 Å². The molecule has 1 saturated carbocycles. The number of rotatable bonds is 3. The van der Waals surface area contributed by atoms with E-state index < -0.39 is 11.7 Å². The minimum absolute atomic E-state index is 0.00780. The average Bonchev–Trinajstić information content (AvgIpc) is 2.36. The fraction of sp³-hybridized carbons (Fsp3) is 0.750. The number of nitrogens with one attached hydrogen (secondary N) is 1. The topological polar surface area (TPSA) is 58.6 Å². The van der Waals surface area contributed by atoms with Crippen LogP contribution in [0.2, 0.25) is 0 Å². The molecule has 0 aromatic carbocycles. The summed E-state index contributed by atoms with van der Waals surface area (Å²) < 4.78 is 5.21. The van der Waals surface area contributed by atoms with Gasteiger partial charge in [-0.15, -0.1) is 12.3 Å². The maximum Gasteiger partial charge on any atom is 0.410 e. The molecule has 1 rings (SSSR count). The van der Waals surface area contributed by atoms with Crippen molar-refractivity contribution in [2.75, 3.05) is 13.6 Å². The first-order valence-electron chi connectivity index (χ1n) is 7.41. The summed E-state index contributed by atoms with van der Waals surface area (Å²) in [7, 11) is 1.55. The third-order valence-corrected chi connectivity index (χ3v) is 3.36. The van der Waals surface area contributed by atoms with E-state index >= 15 is 0 Å². The molecule has 0 aromatic rings. The Morgan fingerprint density at radius 1 is 1.38 bits per heavy atom. The van der Waals surface area contributed by atoms with Crippen LogP contribution in [0.25, 0.3) is 0 Å². The van der Waals surface area contributed by atoms with Crippen LogP contribution < -0.4 is 5.32 Å². The van der Waals surface area contributed by atoms with E-state index in [1.807, 2.05) is 0 Å². The number of hydrogen-bond acceptors (Lipinski definition) is 3. The predicted molar refractivity (Wildman–Crippen MR) is 81.6 cm³/mol. The van der Waals surface area contributed by atoms with E-state index in [9.17, 15) is 9.59 Å². The van der Waals surface area contributed by atoms with Crippen LogP contribution in [0.5, 0.6) is 0 Å². The molecule has 0 spiro atoms. The van der Waals surface area contributed by atoms with Crippen molar-refractivity contribution in [1.29, 1.82) is 0 Å². The molecule has 1 aliphatic rings. The molecule has 21 heavy (non-hydrogen) atoms. The van der Waals surface area contributed by atoms with Gasteiger partial charge in [-0.05, 0) is 40.0 Å². The molecule has 5 nitrogen and oxygen atoms in total. The number of amides is 2. The van der Waals surface area contributed by atoms with Crippen LogP contribution in [0, 0.1) is 18.3 Å². The minimum atomic E-state index is -0.564. The van der Waals surface area contributed by atoms with Crippen molar-refractivity contribution < 1.29 is 14.3 Å². The van der Waals surface area contributed by atoms with Gasteiger partial charge in [0.05, 0.1) is 0 Å². The number of carbonyl (C=O) groups excluding carboxylic acids is 2. The van der Waals surface area contributed by atoms with Crippen LogP contribution in [0.1, 0.15) is 46.5 Å². The van der Waals surface area contributed by atoms with E-state index in [1.54, 1.807) is 27.8 Å².